The number of unbranched alkanes of at least 4 members (excludes halogenated alkanes) is 3. The van der Waals surface area contributed by atoms with Crippen LogP contribution in [0.15, 0.2) is 103 Å². The van der Waals surface area contributed by atoms with E-state index in [0.717, 1.165) is 13.0 Å². The standard InChI is InChI=1S/C52H56N2OSi/c1-52(2,3)55-30-15-7-8-16-31-56(6,51-40-21-10-9-20-39(40)50-49(51)41-22-12-14-25-45(41)54(50)5)47-29-27-38-43(47)32-34-18-17-23-36(34)48(38)35-26-28-46-42(33-35)37-19-11-13-24-44(37)53(46)4/h9-14,19-22,24-29,32-33,47,51H,7-8,15-18,23,30-31H2,1-6H3. The Morgan fingerprint density at radius 1 is 0.714 bits per heavy atom. The van der Waals surface area contributed by atoms with Crippen molar-refractivity contribution in [3.05, 3.63) is 137 Å². The highest BCUT2D eigenvalue weighted by atomic mass is 28.3. The van der Waals surface area contributed by atoms with Gasteiger partial charge in [0, 0.05) is 64.5 Å². The molecule has 0 spiro atoms. The Bertz CT molecular complexity index is 2700. The largest absolute Gasteiger partial charge is 0.376 e. The molecule has 0 fully saturated rings. The molecular formula is C52H56N2OSi. The van der Waals surface area contributed by atoms with Crippen LogP contribution < -0.4 is 0 Å². The van der Waals surface area contributed by atoms with Crippen molar-refractivity contribution < 1.29 is 4.74 Å². The van der Waals surface area contributed by atoms with E-state index in [-0.39, 0.29) is 5.60 Å². The first-order chi connectivity index (χ1) is 27.1. The average molecular weight is 753 g/mol. The van der Waals surface area contributed by atoms with Crippen molar-refractivity contribution in [2.75, 3.05) is 6.61 Å². The molecule has 0 bridgehead atoms. The van der Waals surface area contributed by atoms with E-state index in [1.807, 2.05) is 0 Å². The van der Waals surface area contributed by atoms with E-state index in [4.69, 9.17) is 4.74 Å². The number of para-hydroxylation sites is 2. The van der Waals surface area contributed by atoms with Gasteiger partial charge in [-0.3, -0.25) is 0 Å². The minimum absolute atomic E-state index is 0.0701. The maximum atomic E-state index is 6.13. The van der Waals surface area contributed by atoms with Gasteiger partial charge in [0.05, 0.1) is 19.4 Å². The van der Waals surface area contributed by atoms with Crippen molar-refractivity contribution >= 4 is 46.9 Å². The molecule has 10 rings (SSSR count). The zero-order chi connectivity index (χ0) is 38.3. The minimum Gasteiger partial charge on any atom is -0.376 e. The lowest BCUT2D eigenvalue weighted by atomic mass is 9.89. The molecule has 56 heavy (non-hydrogen) atoms. The summed E-state index contributed by atoms with van der Waals surface area (Å²) in [6.45, 7) is 10.2. The molecule has 3 aliphatic carbocycles. The molecule has 0 saturated heterocycles. The quantitative estimate of drug-likeness (QED) is 0.101. The summed E-state index contributed by atoms with van der Waals surface area (Å²) in [4.78, 5) is 0. The van der Waals surface area contributed by atoms with E-state index in [1.165, 1.54) is 105 Å². The minimum atomic E-state index is -2.21. The molecule has 3 unspecified atom stereocenters. The molecule has 5 aromatic carbocycles. The summed E-state index contributed by atoms with van der Waals surface area (Å²) in [5.41, 5.74) is 20.0. The third-order valence-corrected chi connectivity index (χ3v) is 19.2. The van der Waals surface area contributed by atoms with E-state index < -0.39 is 8.07 Å². The van der Waals surface area contributed by atoms with Gasteiger partial charge < -0.3 is 13.9 Å². The molecule has 0 amide bonds. The van der Waals surface area contributed by atoms with E-state index in [9.17, 15) is 0 Å². The van der Waals surface area contributed by atoms with Gasteiger partial charge in [0.1, 0.15) is 0 Å². The second-order valence-corrected chi connectivity index (χ2v) is 23.1. The van der Waals surface area contributed by atoms with Crippen LogP contribution in [0.4, 0.5) is 0 Å². The number of aromatic nitrogens is 2. The summed E-state index contributed by atoms with van der Waals surface area (Å²) in [6.07, 6.45) is 13.8. The molecule has 7 aromatic rings. The number of benzene rings is 5. The molecule has 2 aromatic heterocycles. The zero-order valence-electron chi connectivity index (χ0n) is 34.2. The number of nitrogens with zero attached hydrogens (tertiary/aromatic N) is 2. The predicted molar refractivity (Wildman–Crippen MR) is 240 cm³/mol. The highest BCUT2D eigenvalue weighted by molar-refractivity contribution is 6.83. The van der Waals surface area contributed by atoms with Crippen LogP contribution in [-0.4, -0.2) is 29.4 Å². The average Bonchev–Trinajstić information content (AvgIpc) is 4.02. The monoisotopic (exact) mass is 752 g/mol. The van der Waals surface area contributed by atoms with Crippen LogP contribution in [0.25, 0.3) is 61.2 Å². The summed E-state index contributed by atoms with van der Waals surface area (Å²) >= 11 is 0. The van der Waals surface area contributed by atoms with Gasteiger partial charge in [-0.1, -0.05) is 117 Å². The van der Waals surface area contributed by atoms with Crippen LogP contribution in [0.2, 0.25) is 12.6 Å². The molecule has 4 heteroatoms. The van der Waals surface area contributed by atoms with Crippen LogP contribution >= 0.6 is 0 Å². The van der Waals surface area contributed by atoms with Crippen molar-refractivity contribution in [3.63, 3.8) is 0 Å². The molecule has 0 saturated carbocycles. The zero-order valence-corrected chi connectivity index (χ0v) is 35.2. The van der Waals surface area contributed by atoms with E-state index in [1.54, 1.807) is 27.8 Å². The second kappa shape index (κ2) is 13.5. The maximum Gasteiger partial charge on any atom is 0.0754 e. The van der Waals surface area contributed by atoms with E-state index in [0.29, 0.717) is 11.1 Å². The summed E-state index contributed by atoms with van der Waals surface area (Å²) in [5, 5.41) is 4.16. The molecule has 3 nitrogen and oxygen atoms in total. The molecule has 2 heterocycles. The van der Waals surface area contributed by atoms with Gasteiger partial charge in [0.25, 0.3) is 0 Å². The highest BCUT2D eigenvalue weighted by Crippen LogP contribution is 2.59. The van der Waals surface area contributed by atoms with E-state index in [2.05, 4.69) is 160 Å². The smallest absolute Gasteiger partial charge is 0.0754 e. The number of allylic oxidation sites excluding steroid dienone is 1. The molecule has 0 N–H and O–H groups in total. The molecule has 3 aliphatic rings. The van der Waals surface area contributed by atoms with Crippen LogP contribution in [-0.2, 0) is 31.7 Å². The summed E-state index contributed by atoms with van der Waals surface area (Å²) in [6, 6.07) is 38.9. The Labute approximate surface area is 334 Å². The molecule has 0 aliphatic heterocycles. The lowest BCUT2D eigenvalue weighted by Gasteiger charge is -2.40. The molecule has 3 atom stereocenters. The highest BCUT2D eigenvalue weighted by Gasteiger charge is 2.51. The lowest BCUT2D eigenvalue weighted by Crippen LogP contribution is -2.44. The van der Waals surface area contributed by atoms with Gasteiger partial charge in [0.15, 0.2) is 0 Å². The molecule has 0 radical (unpaired) electrons. The fraction of sp³-hybridized carbons (Fsp3) is 0.346. The van der Waals surface area contributed by atoms with E-state index >= 15 is 0 Å². The van der Waals surface area contributed by atoms with Crippen molar-refractivity contribution in [2.24, 2.45) is 14.1 Å². The third-order valence-electron chi connectivity index (χ3n) is 13.9. The van der Waals surface area contributed by atoms with Crippen molar-refractivity contribution in [3.8, 4) is 22.4 Å². The van der Waals surface area contributed by atoms with Crippen LogP contribution in [0.3, 0.4) is 0 Å². The van der Waals surface area contributed by atoms with Crippen LogP contribution in [0.5, 0.6) is 0 Å². The van der Waals surface area contributed by atoms with Gasteiger partial charge >= 0.3 is 0 Å². The number of fused-ring (bicyclic) bond motifs is 10. The Hall–Kier alpha value is -4.64. The van der Waals surface area contributed by atoms with Crippen molar-refractivity contribution in [2.45, 2.75) is 95.0 Å². The SMILES string of the molecule is Cn1c2c(c3ccccc31)C([Si](C)(CCCCCCOC(C)(C)C)C1C=Cc3c1cc1c(c3-c3ccc4c(c3)c3ccccc3n4C)CCC1)c1ccccc1-2. The summed E-state index contributed by atoms with van der Waals surface area (Å²) in [7, 11) is 2.30. The van der Waals surface area contributed by atoms with Gasteiger partial charge in [-0.05, 0) is 121 Å². The first-order valence-electron chi connectivity index (χ1n) is 21.3. The Morgan fingerprint density at radius 3 is 2.25 bits per heavy atom. The van der Waals surface area contributed by atoms with Gasteiger partial charge in [-0.15, -0.1) is 0 Å². The number of rotatable bonds is 10. The number of ether oxygens (including phenoxy) is 1. The van der Waals surface area contributed by atoms with Gasteiger partial charge in [-0.25, -0.2) is 0 Å². The Balaban J connectivity index is 1.11. The first-order valence-corrected chi connectivity index (χ1v) is 24.2. The first kappa shape index (κ1) is 35.7. The van der Waals surface area contributed by atoms with Gasteiger partial charge in [-0.2, -0.15) is 0 Å². The summed E-state index contributed by atoms with van der Waals surface area (Å²) < 4.78 is 11.0. The van der Waals surface area contributed by atoms with Crippen molar-refractivity contribution in [1.29, 1.82) is 0 Å². The number of aryl methyl sites for hydroxylation is 3. The topological polar surface area (TPSA) is 19.1 Å². The normalized spacial score (nSPS) is 18.2. The van der Waals surface area contributed by atoms with Gasteiger partial charge in [0.2, 0.25) is 0 Å². The fourth-order valence-electron chi connectivity index (χ4n) is 11.4. The molecular weight excluding hydrogens is 697 g/mol. The fourth-order valence-corrected chi connectivity index (χ4v) is 16.8. The number of hydrogen-bond donors (Lipinski definition) is 0. The second-order valence-electron chi connectivity index (χ2n) is 18.4. The van der Waals surface area contributed by atoms with Crippen molar-refractivity contribution in [1.82, 2.24) is 9.13 Å². The summed E-state index contributed by atoms with van der Waals surface area (Å²) in [5.74, 6) is 0. The maximum absolute atomic E-state index is 6.13. The molecule has 284 valence electrons. The van der Waals surface area contributed by atoms with Crippen LogP contribution in [0.1, 0.15) is 97.3 Å². The Morgan fingerprint density at radius 2 is 1.43 bits per heavy atom. The number of hydrogen-bond acceptors (Lipinski definition) is 1. The Kier molecular flexibility index (Phi) is 8.61. The van der Waals surface area contributed by atoms with Crippen LogP contribution in [0, 0.1) is 0 Å². The third kappa shape index (κ3) is 5.54. The lowest BCUT2D eigenvalue weighted by molar-refractivity contribution is -0.00471. The predicted octanol–water partition coefficient (Wildman–Crippen LogP) is 13.4.